The SMILES string of the molecule is COCC[C@]1(C(=O)O)CC[C@H](O)CC1. The zero-order valence-electron chi connectivity index (χ0n) is 8.53. The molecule has 0 radical (unpaired) electrons. The van der Waals surface area contributed by atoms with Gasteiger partial charge in [-0.25, -0.2) is 0 Å². The van der Waals surface area contributed by atoms with Crippen LogP contribution in [0.5, 0.6) is 0 Å². The number of aliphatic hydroxyl groups excluding tert-OH is 1. The zero-order valence-corrected chi connectivity index (χ0v) is 8.53. The Bertz CT molecular complexity index is 189. The fourth-order valence-corrected chi connectivity index (χ4v) is 2.02. The number of hydrogen-bond acceptors (Lipinski definition) is 3. The fraction of sp³-hybridized carbons (Fsp3) is 0.900. The Balaban J connectivity index is 2.58. The van der Waals surface area contributed by atoms with Gasteiger partial charge in [-0.2, -0.15) is 0 Å². The highest BCUT2D eigenvalue weighted by Crippen LogP contribution is 2.39. The Morgan fingerprint density at radius 1 is 1.50 bits per heavy atom. The second-order valence-corrected chi connectivity index (χ2v) is 4.06. The Kier molecular flexibility index (Phi) is 3.89. The molecule has 14 heavy (non-hydrogen) atoms. The summed E-state index contributed by atoms with van der Waals surface area (Å²) < 4.78 is 4.92. The Labute approximate surface area is 83.9 Å². The molecule has 0 unspecified atom stereocenters. The predicted octanol–water partition coefficient (Wildman–Crippen LogP) is 1.03. The van der Waals surface area contributed by atoms with Gasteiger partial charge in [-0.15, -0.1) is 0 Å². The normalized spacial score (nSPS) is 32.9. The van der Waals surface area contributed by atoms with E-state index in [1.54, 1.807) is 7.11 Å². The number of rotatable bonds is 4. The summed E-state index contributed by atoms with van der Waals surface area (Å²) in [5.41, 5.74) is -0.657. The van der Waals surface area contributed by atoms with Crippen LogP contribution in [-0.4, -0.2) is 36.0 Å². The van der Waals surface area contributed by atoms with E-state index in [0.29, 0.717) is 38.7 Å². The summed E-state index contributed by atoms with van der Waals surface area (Å²) in [7, 11) is 1.58. The lowest BCUT2D eigenvalue weighted by molar-refractivity contribution is -0.153. The van der Waals surface area contributed by atoms with E-state index >= 15 is 0 Å². The van der Waals surface area contributed by atoms with Crippen molar-refractivity contribution in [3.8, 4) is 0 Å². The summed E-state index contributed by atoms with van der Waals surface area (Å²) in [6.45, 7) is 0.475. The van der Waals surface area contributed by atoms with Gasteiger partial charge in [0, 0.05) is 13.7 Å². The van der Waals surface area contributed by atoms with Crippen molar-refractivity contribution in [2.24, 2.45) is 5.41 Å². The van der Waals surface area contributed by atoms with Crippen molar-refractivity contribution in [2.45, 2.75) is 38.2 Å². The number of methoxy groups -OCH3 is 1. The van der Waals surface area contributed by atoms with E-state index in [0.717, 1.165) is 0 Å². The first-order valence-corrected chi connectivity index (χ1v) is 5.01. The number of carboxylic acids is 1. The molecule has 0 aromatic rings. The molecule has 0 spiro atoms. The molecule has 0 aromatic carbocycles. The van der Waals surface area contributed by atoms with Crippen LogP contribution in [0.4, 0.5) is 0 Å². The van der Waals surface area contributed by atoms with Crippen molar-refractivity contribution in [1.82, 2.24) is 0 Å². The van der Waals surface area contributed by atoms with Gasteiger partial charge in [-0.3, -0.25) is 4.79 Å². The minimum Gasteiger partial charge on any atom is -0.481 e. The van der Waals surface area contributed by atoms with Crippen molar-refractivity contribution in [3.63, 3.8) is 0 Å². The molecule has 1 aliphatic carbocycles. The molecule has 1 fully saturated rings. The third-order valence-corrected chi connectivity index (χ3v) is 3.15. The summed E-state index contributed by atoms with van der Waals surface area (Å²) in [6, 6.07) is 0. The Hall–Kier alpha value is -0.610. The van der Waals surface area contributed by atoms with Gasteiger partial charge in [-0.05, 0) is 32.1 Å². The van der Waals surface area contributed by atoms with E-state index in [2.05, 4.69) is 0 Å². The van der Waals surface area contributed by atoms with Gasteiger partial charge in [0.15, 0.2) is 0 Å². The topological polar surface area (TPSA) is 66.8 Å². The third kappa shape index (κ3) is 2.45. The molecule has 0 amide bonds. The number of aliphatic carboxylic acids is 1. The maximum absolute atomic E-state index is 11.2. The van der Waals surface area contributed by atoms with Gasteiger partial charge < -0.3 is 14.9 Å². The van der Waals surface area contributed by atoms with Gasteiger partial charge in [0.05, 0.1) is 11.5 Å². The smallest absolute Gasteiger partial charge is 0.309 e. The van der Waals surface area contributed by atoms with Gasteiger partial charge >= 0.3 is 5.97 Å². The van der Waals surface area contributed by atoms with Gasteiger partial charge in [0.1, 0.15) is 0 Å². The van der Waals surface area contributed by atoms with Crippen LogP contribution in [0, 0.1) is 5.41 Å². The first-order chi connectivity index (χ1) is 6.60. The minimum atomic E-state index is -0.749. The van der Waals surface area contributed by atoms with Gasteiger partial charge in [-0.1, -0.05) is 0 Å². The second-order valence-electron chi connectivity index (χ2n) is 4.06. The molecule has 4 heteroatoms. The lowest BCUT2D eigenvalue weighted by atomic mass is 9.71. The first-order valence-electron chi connectivity index (χ1n) is 5.01. The Morgan fingerprint density at radius 2 is 2.07 bits per heavy atom. The van der Waals surface area contributed by atoms with Crippen LogP contribution in [0.3, 0.4) is 0 Å². The van der Waals surface area contributed by atoms with Crippen molar-refractivity contribution in [3.05, 3.63) is 0 Å². The first kappa shape index (κ1) is 11.5. The maximum Gasteiger partial charge on any atom is 0.309 e. The average Bonchev–Trinajstić information content (AvgIpc) is 2.17. The summed E-state index contributed by atoms with van der Waals surface area (Å²) in [4.78, 5) is 11.2. The molecule has 2 N–H and O–H groups in total. The molecule has 0 atom stereocenters. The van der Waals surface area contributed by atoms with E-state index < -0.39 is 11.4 Å². The largest absolute Gasteiger partial charge is 0.481 e. The monoisotopic (exact) mass is 202 g/mol. The van der Waals surface area contributed by atoms with Crippen molar-refractivity contribution < 1.29 is 19.7 Å². The van der Waals surface area contributed by atoms with Gasteiger partial charge in [0.2, 0.25) is 0 Å². The minimum absolute atomic E-state index is 0.315. The molecule has 0 aliphatic heterocycles. The molecule has 0 heterocycles. The van der Waals surface area contributed by atoms with E-state index in [9.17, 15) is 9.90 Å². The molecule has 0 aromatic heterocycles. The van der Waals surface area contributed by atoms with E-state index in [-0.39, 0.29) is 6.10 Å². The number of hydrogen-bond donors (Lipinski definition) is 2. The van der Waals surface area contributed by atoms with E-state index in [1.165, 1.54) is 0 Å². The Morgan fingerprint density at radius 3 is 2.50 bits per heavy atom. The highest BCUT2D eigenvalue weighted by Gasteiger charge is 2.41. The number of carbonyl (C=O) groups is 1. The second kappa shape index (κ2) is 4.75. The quantitative estimate of drug-likeness (QED) is 0.714. The summed E-state index contributed by atoms with van der Waals surface area (Å²) in [5.74, 6) is -0.749. The summed E-state index contributed by atoms with van der Waals surface area (Å²) in [6.07, 6.45) is 2.54. The lowest BCUT2D eigenvalue weighted by Gasteiger charge is -2.34. The summed E-state index contributed by atoms with van der Waals surface area (Å²) >= 11 is 0. The zero-order chi connectivity index (χ0) is 10.6. The fourth-order valence-electron chi connectivity index (χ4n) is 2.02. The van der Waals surface area contributed by atoms with Crippen LogP contribution < -0.4 is 0 Å². The average molecular weight is 202 g/mol. The molecule has 1 saturated carbocycles. The van der Waals surface area contributed by atoms with Crippen molar-refractivity contribution >= 4 is 5.97 Å². The van der Waals surface area contributed by atoms with Crippen LogP contribution in [0.25, 0.3) is 0 Å². The number of carboxylic acid groups (broad SMARTS) is 1. The molecule has 1 aliphatic rings. The summed E-state index contributed by atoms with van der Waals surface area (Å²) in [5, 5.41) is 18.5. The highest BCUT2D eigenvalue weighted by atomic mass is 16.5. The molecular formula is C10H18O4. The molecule has 4 nitrogen and oxygen atoms in total. The molecule has 82 valence electrons. The standard InChI is InChI=1S/C10H18O4/c1-14-7-6-10(9(12)13)4-2-8(11)3-5-10/h8,11H,2-7H2,1H3,(H,12,13)/t8-,10-. The van der Waals surface area contributed by atoms with Crippen molar-refractivity contribution in [2.75, 3.05) is 13.7 Å². The van der Waals surface area contributed by atoms with Crippen LogP contribution >= 0.6 is 0 Å². The van der Waals surface area contributed by atoms with Crippen LogP contribution in [-0.2, 0) is 9.53 Å². The van der Waals surface area contributed by atoms with Crippen LogP contribution in [0.2, 0.25) is 0 Å². The number of ether oxygens (including phenoxy) is 1. The molecule has 0 saturated heterocycles. The van der Waals surface area contributed by atoms with Crippen LogP contribution in [0.1, 0.15) is 32.1 Å². The van der Waals surface area contributed by atoms with Gasteiger partial charge in [0.25, 0.3) is 0 Å². The van der Waals surface area contributed by atoms with E-state index in [4.69, 9.17) is 9.84 Å². The highest BCUT2D eigenvalue weighted by molar-refractivity contribution is 5.74. The van der Waals surface area contributed by atoms with Crippen molar-refractivity contribution in [1.29, 1.82) is 0 Å². The number of aliphatic hydroxyl groups is 1. The lowest BCUT2D eigenvalue weighted by Crippen LogP contribution is -2.37. The van der Waals surface area contributed by atoms with E-state index in [1.807, 2.05) is 0 Å². The van der Waals surface area contributed by atoms with Crippen LogP contribution in [0.15, 0.2) is 0 Å². The molecule has 0 bridgehead atoms. The molecule has 1 rings (SSSR count). The third-order valence-electron chi connectivity index (χ3n) is 3.15. The predicted molar refractivity (Wildman–Crippen MR) is 51.0 cm³/mol. The molecular weight excluding hydrogens is 184 g/mol. The maximum atomic E-state index is 11.2.